The highest BCUT2D eigenvalue weighted by atomic mass is 16.6. The van der Waals surface area contributed by atoms with E-state index in [1.54, 1.807) is 11.0 Å². The number of hydrogen-bond donors (Lipinski definition) is 1. The highest BCUT2D eigenvalue weighted by molar-refractivity contribution is 5.75. The molecule has 6 heteroatoms. The molecule has 1 amide bonds. The minimum absolute atomic E-state index is 0.189. The summed E-state index contributed by atoms with van der Waals surface area (Å²) >= 11 is 0. The predicted molar refractivity (Wildman–Crippen MR) is 127 cm³/mol. The number of rotatable bonds is 11. The Morgan fingerprint density at radius 3 is 2.28 bits per heavy atom. The monoisotopic (exact) mass is 447 g/mol. The normalized spacial score (nSPS) is 13.1. The van der Waals surface area contributed by atoms with Gasteiger partial charge in [-0.3, -0.25) is 4.79 Å². The van der Waals surface area contributed by atoms with Crippen molar-refractivity contribution in [3.63, 3.8) is 0 Å². The Labute approximate surface area is 193 Å². The van der Waals surface area contributed by atoms with Crippen LogP contribution >= 0.6 is 0 Å². The molecule has 1 atom stereocenters. The lowest BCUT2D eigenvalue weighted by Crippen LogP contribution is -2.36. The van der Waals surface area contributed by atoms with E-state index in [2.05, 4.69) is 0 Å². The summed E-state index contributed by atoms with van der Waals surface area (Å²) in [7, 11) is 0. The lowest BCUT2D eigenvalue weighted by atomic mass is 9.97. The average Bonchev–Trinajstić information content (AvgIpc) is 2.68. The summed E-state index contributed by atoms with van der Waals surface area (Å²) in [6.45, 7) is 12.2. The molecule has 180 valence electrons. The third-order valence-electron chi connectivity index (χ3n) is 4.54. The Balaban J connectivity index is 2.43. The van der Waals surface area contributed by atoms with E-state index < -0.39 is 17.1 Å². The first-order chi connectivity index (χ1) is 14.9. The number of carbonyl (C=O) groups is 2. The van der Waals surface area contributed by atoms with E-state index in [1.807, 2.05) is 78.0 Å². The van der Waals surface area contributed by atoms with Crippen LogP contribution in [0.4, 0.5) is 4.79 Å². The highest BCUT2D eigenvalue weighted by Crippen LogP contribution is 2.16. The van der Waals surface area contributed by atoms with Crippen molar-refractivity contribution in [1.82, 2.24) is 4.90 Å². The lowest BCUT2D eigenvalue weighted by molar-refractivity contribution is -0.153. The van der Waals surface area contributed by atoms with Crippen LogP contribution in [0.15, 0.2) is 42.5 Å². The van der Waals surface area contributed by atoms with Gasteiger partial charge in [0.2, 0.25) is 0 Å². The second kappa shape index (κ2) is 13.3. The van der Waals surface area contributed by atoms with Gasteiger partial charge in [-0.15, -0.1) is 0 Å². The number of aliphatic hydroxyl groups excluding tert-OH is 1. The fraction of sp³-hybridized carbons (Fsp3) is 0.615. The Morgan fingerprint density at radius 1 is 1.03 bits per heavy atom. The van der Waals surface area contributed by atoms with Crippen molar-refractivity contribution < 1.29 is 24.2 Å². The molecule has 1 N–H and O–H groups in total. The summed E-state index contributed by atoms with van der Waals surface area (Å²) in [5.74, 6) is -0.189. The van der Waals surface area contributed by atoms with Gasteiger partial charge in [-0.2, -0.15) is 0 Å². The summed E-state index contributed by atoms with van der Waals surface area (Å²) in [5, 5.41) is 10.2. The van der Waals surface area contributed by atoms with Crippen LogP contribution in [0.3, 0.4) is 0 Å². The number of aliphatic hydroxyl groups is 1. The van der Waals surface area contributed by atoms with E-state index in [-0.39, 0.29) is 12.1 Å². The highest BCUT2D eigenvalue weighted by Gasteiger charge is 2.23. The van der Waals surface area contributed by atoms with Gasteiger partial charge < -0.3 is 19.5 Å². The smallest absolute Gasteiger partial charge is 0.410 e. The van der Waals surface area contributed by atoms with E-state index in [0.717, 1.165) is 24.8 Å². The van der Waals surface area contributed by atoms with Crippen LogP contribution in [0, 0.1) is 5.41 Å². The zero-order chi connectivity index (χ0) is 24.2. The van der Waals surface area contributed by atoms with Crippen molar-refractivity contribution in [2.45, 2.75) is 85.5 Å². The van der Waals surface area contributed by atoms with E-state index in [4.69, 9.17) is 9.47 Å². The molecular formula is C26H41NO5. The molecule has 0 spiro atoms. The number of amides is 1. The molecule has 0 fully saturated rings. The molecule has 0 aliphatic heterocycles. The van der Waals surface area contributed by atoms with Crippen molar-refractivity contribution in [2.75, 3.05) is 13.2 Å². The molecule has 1 aromatic rings. The van der Waals surface area contributed by atoms with Gasteiger partial charge in [0.25, 0.3) is 0 Å². The largest absolute Gasteiger partial charge is 0.465 e. The number of unbranched alkanes of at least 4 members (excludes halogenated alkanes) is 2. The van der Waals surface area contributed by atoms with Gasteiger partial charge in [0.15, 0.2) is 0 Å². The summed E-state index contributed by atoms with van der Waals surface area (Å²) in [6.07, 6.45) is 5.68. The molecule has 6 nitrogen and oxygen atoms in total. The lowest BCUT2D eigenvalue weighted by Gasteiger charge is -2.27. The molecule has 0 aliphatic carbocycles. The fourth-order valence-electron chi connectivity index (χ4n) is 2.79. The van der Waals surface area contributed by atoms with Gasteiger partial charge in [0.05, 0.1) is 18.1 Å². The number of carbonyl (C=O) groups excluding carboxylic acids is 2. The quantitative estimate of drug-likeness (QED) is 0.276. The molecule has 0 saturated carbocycles. The molecule has 0 aliphatic rings. The van der Waals surface area contributed by atoms with Crippen LogP contribution in [0.2, 0.25) is 0 Å². The Bertz CT molecular complexity index is 716. The number of esters is 1. The third kappa shape index (κ3) is 12.5. The molecule has 0 unspecified atom stereocenters. The van der Waals surface area contributed by atoms with E-state index in [0.29, 0.717) is 26.1 Å². The molecule has 1 rings (SSSR count). The van der Waals surface area contributed by atoms with Crippen LogP contribution in [0.5, 0.6) is 0 Å². The first kappa shape index (κ1) is 27.7. The molecular weight excluding hydrogens is 406 g/mol. The van der Waals surface area contributed by atoms with Crippen molar-refractivity contribution in [2.24, 2.45) is 5.41 Å². The second-order valence-electron chi connectivity index (χ2n) is 10.1. The predicted octanol–water partition coefficient (Wildman–Crippen LogP) is 5.49. The van der Waals surface area contributed by atoms with Crippen molar-refractivity contribution >= 4 is 12.1 Å². The number of hydrogen-bond acceptors (Lipinski definition) is 5. The summed E-state index contributed by atoms with van der Waals surface area (Å²) in [5.41, 5.74) is -0.0371. The topological polar surface area (TPSA) is 76.1 Å². The Kier molecular flexibility index (Phi) is 11.5. The van der Waals surface area contributed by atoms with Gasteiger partial charge in [0.1, 0.15) is 5.60 Å². The fourth-order valence-corrected chi connectivity index (χ4v) is 2.79. The first-order valence-electron chi connectivity index (χ1n) is 11.4. The number of benzene rings is 1. The second-order valence-corrected chi connectivity index (χ2v) is 10.1. The molecule has 0 heterocycles. The molecule has 0 saturated heterocycles. The first-order valence-corrected chi connectivity index (χ1v) is 11.4. The Morgan fingerprint density at radius 2 is 1.69 bits per heavy atom. The van der Waals surface area contributed by atoms with Crippen LogP contribution < -0.4 is 0 Å². The zero-order valence-corrected chi connectivity index (χ0v) is 20.6. The SMILES string of the molecule is CC(C)(C)OC(=O)N(C/C=C/[C@@H](O)CCCCCOC(=O)C(C)(C)C)Cc1ccccc1. The van der Waals surface area contributed by atoms with Gasteiger partial charge in [-0.25, -0.2) is 4.79 Å². The van der Waals surface area contributed by atoms with E-state index >= 15 is 0 Å². The van der Waals surface area contributed by atoms with Gasteiger partial charge in [-0.1, -0.05) is 48.9 Å². The summed E-state index contributed by atoms with van der Waals surface area (Å²) < 4.78 is 10.8. The van der Waals surface area contributed by atoms with Crippen LogP contribution in [-0.2, 0) is 20.8 Å². The maximum Gasteiger partial charge on any atom is 0.410 e. The standard InChI is InChI=1S/C26H41NO5/c1-25(2,3)23(29)31-19-12-8-11-16-22(28)17-13-18-27(24(30)32-26(4,5)6)20-21-14-9-7-10-15-21/h7,9-10,13-15,17,22,28H,8,11-12,16,18-20H2,1-6H3/b17-13+/t22-/m0/s1. The zero-order valence-electron chi connectivity index (χ0n) is 20.6. The maximum atomic E-state index is 12.6. The van der Waals surface area contributed by atoms with Gasteiger partial charge in [0, 0.05) is 13.1 Å². The van der Waals surface area contributed by atoms with Crippen LogP contribution in [-0.4, -0.2) is 46.9 Å². The third-order valence-corrected chi connectivity index (χ3v) is 4.54. The minimum Gasteiger partial charge on any atom is -0.465 e. The Hall–Kier alpha value is -2.34. The van der Waals surface area contributed by atoms with Crippen molar-refractivity contribution in [1.29, 1.82) is 0 Å². The van der Waals surface area contributed by atoms with Crippen molar-refractivity contribution in [3.8, 4) is 0 Å². The maximum absolute atomic E-state index is 12.6. The van der Waals surface area contributed by atoms with E-state index in [1.165, 1.54) is 0 Å². The summed E-state index contributed by atoms with van der Waals surface area (Å²) in [6, 6.07) is 9.74. The molecule has 0 aromatic heterocycles. The average molecular weight is 448 g/mol. The van der Waals surface area contributed by atoms with Crippen LogP contribution in [0.1, 0.15) is 72.8 Å². The van der Waals surface area contributed by atoms with E-state index in [9.17, 15) is 14.7 Å². The number of ether oxygens (including phenoxy) is 2. The van der Waals surface area contributed by atoms with Crippen molar-refractivity contribution in [3.05, 3.63) is 48.0 Å². The minimum atomic E-state index is -0.579. The molecule has 0 bridgehead atoms. The van der Waals surface area contributed by atoms with Gasteiger partial charge >= 0.3 is 12.1 Å². The summed E-state index contributed by atoms with van der Waals surface area (Å²) in [4.78, 5) is 25.9. The van der Waals surface area contributed by atoms with Crippen LogP contribution in [0.25, 0.3) is 0 Å². The molecule has 32 heavy (non-hydrogen) atoms. The molecule has 1 aromatic carbocycles. The molecule has 0 radical (unpaired) electrons. The number of nitrogens with zero attached hydrogens (tertiary/aromatic N) is 1. The van der Waals surface area contributed by atoms with Gasteiger partial charge in [-0.05, 0) is 66.4 Å².